The van der Waals surface area contributed by atoms with Crippen molar-refractivity contribution in [3.05, 3.63) is 89.5 Å². The molecule has 0 amide bonds. The first-order chi connectivity index (χ1) is 15.0. The first-order valence-corrected chi connectivity index (χ1v) is 10.1. The lowest BCUT2D eigenvalue weighted by atomic mass is 9.95. The average Bonchev–Trinajstić information content (AvgIpc) is 3.04. The van der Waals surface area contributed by atoms with Crippen molar-refractivity contribution in [2.75, 3.05) is 6.61 Å². The van der Waals surface area contributed by atoms with Crippen LogP contribution < -0.4 is 15.8 Å². The number of nitrogens with one attached hydrogen (secondary N) is 1. The Balaban J connectivity index is 1.49. The molecule has 1 heterocycles. The number of aromatic carboxylic acids is 1. The summed E-state index contributed by atoms with van der Waals surface area (Å²) >= 11 is 0. The smallest absolute Gasteiger partial charge is 0.335 e. The molecule has 7 heteroatoms. The molecule has 0 aliphatic heterocycles. The summed E-state index contributed by atoms with van der Waals surface area (Å²) in [5.41, 5.74) is 4.42. The number of fused-ring (bicyclic) bond motifs is 1. The van der Waals surface area contributed by atoms with E-state index in [0.717, 1.165) is 22.1 Å². The van der Waals surface area contributed by atoms with Crippen molar-refractivity contribution in [3.63, 3.8) is 0 Å². The molecule has 2 N–H and O–H groups in total. The normalized spacial score (nSPS) is 11.0. The van der Waals surface area contributed by atoms with Gasteiger partial charge in [0.25, 0.3) is 0 Å². The van der Waals surface area contributed by atoms with E-state index in [4.69, 9.17) is 23.1 Å². The van der Waals surface area contributed by atoms with Crippen molar-refractivity contribution in [1.29, 1.82) is 5.41 Å². The Morgan fingerprint density at radius 3 is 2.39 bits per heavy atom. The number of carboxylic acids is 1. The molecule has 3 aromatic carbocycles. The number of hydrogen-bond donors (Lipinski definition) is 2. The molecule has 0 unspecified atom stereocenters. The molecule has 4 rings (SSSR count). The van der Waals surface area contributed by atoms with Gasteiger partial charge in [-0.15, -0.1) is 0 Å². The summed E-state index contributed by atoms with van der Waals surface area (Å²) in [6.07, 6.45) is 0.684. The number of carboxylic acid groups (broad SMARTS) is 1. The summed E-state index contributed by atoms with van der Waals surface area (Å²) in [5.74, 6) is -0.449. The summed E-state index contributed by atoms with van der Waals surface area (Å²) in [6, 6.07) is 22.2. The number of benzene rings is 3. The van der Waals surface area contributed by atoms with Gasteiger partial charge in [-0.25, -0.2) is 4.79 Å². The molecule has 0 atom stereocenters. The minimum Gasteiger partial charge on any atom is -0.494 e. The van der Waals surface area contributed by atoms with E-state index in [9.17, 15) is 4.79 Å². The lowest BCUT2D eigenvalue weighted by Gasteiger charge is -2.08. The second kappa shape index (κ2) is 8.96. The van der Waals surface area contributed by atoms with Gasteiger partial charge < -0.3 is 19.0 Å². The van der Waals surface area contributed by atoms with Gasteiger partial charge in [0, 0.05) is 6.54 Å². The Kier molecular flexibility index (Phi) is 5.93. The van der Waals surface area contributed by atoms with Crippen molar-refractivity contribution >= 4 is 30.3 Å². The zero-order valence-corrected chi connectivity index (χ0v) is 17.0. The molecular formula is C24H22BN3O3. The van der Waals surface area contributed by atoms with Gasteiger partial charge in [-0.3, -0.25) is 5.41 Å². The van der Waals surface area contributed by atoms with E-state index in [2.05, 4.69) is 0 Å². The van der Waals surface area contributed by atoms with E-state index in [1.54, 1.807) is 12.1 Å². The molecule has 0 aliphatic rings. The van der Waals surface area contributed by atoms with E-state index in [0.29, 0.717) is 37.5 Å². The highest BCUT2D eigenvalue weighted by Gasteiger charge is 2.11. The van der Waals surface area contributed by atoms with Gasteiger partial charge in [0.1, 0.15) is 13.6 Å². The molecular weight excluding hydrogens is 389 g/mol. The topological polar surface area (TPSA) is 80.2 Å². The third kappa shape index (κ3) is 4.56. The highest BCUT2D eigenvalue weighted by atomic mass is 16.5. The van der Waals surface area contributed by atoms with Gasteiger partial charge in [0.15, 0.2) is 0 Å². The quantitative estimate of drug-likeness (QED) is 0.346. The molecule has 0 saturated heterocycles. The van der Waals surface area contributed by atoms with Crippen LogP contribution in [0.25, 0.3) is 11.0 Å². The number of aryl methyl sites for hydroxylation is 1. The molecule has 1 aromatic heterocycles. The maximum atomic E-state index is 11.1. The molecule has 0 saturated carbocycles. The van der Waals surface area contributed by atoms with Gasteiger partial charge >= 0.3 is 5.97 Å². The van der Waals surface area contributed by atoms with E-state index in [-0.39, 0.29) is 5.56 Å². The maximum absolute atomic E-state index is 11.1. The number of hydrogen-bond acceptors (Lipinski definition) is 3. The summed E-state index contributed by atoms with van der Waals surface area (Å²) in [6.45, 7) is 1.63. The first-order valence-electron chi connectivity index (χ1n) is 10.1. The lowest BCUT2D eigenvalue weighted by molar-refractivity contribution is 0.0696. The van der Waals surface area contributed by atoms with E-state index >= 15 is 0 Å². The Morgan fingerprint density at radius 2 is 1.68 bits per heavy atom. The summed E-state index contributed by atoms with van der Waals surface area (Å²) in [5, 5.41) is 17.8. The van der Waals surface area contributed by atoms with Gasteiger partial charge in [-0.2, -0.15) is 0 Å². The fourth-order valence-electron chi connectivity index (χ4n) is 3.62. The molecule has 0 spiro atoms. The molecule has 154 valence electrons. The highest BCUT2D eigenvalue weighted by molar-refractivity contribution is 6.32. The minimum absolute atomic E-state index is 0.200. The first kappa shape index (κ1) is 20.5. The Labute approximate surface area is 181 Å². The van der Waals surface area contributed by atoms with Crippen LogP contribution in [-0.2, 0) is 13.1 Å². The zero-order chi connectivity index (χ0) is 21.8. The third-order valence-electron chi connectivity index (χ3n) is 5.17. The molecule has 0 bridgehead atoms. The van der Waals surface area contributed by atoms with Crippen molar-refractivity contribution in [3.8, 4) is 5.75 Å². The number of rotatable bonds is 8. The maximum Gasteiger partial charge on any atom is 0.335 e. The number of para-hydroxylation sites is 2. The number of carbonyl (C=O) groups is 1. The van der Waals surface area contributed by atoms with Crippen LogP contribution in [0.3, 0.4) is 0 Å². The monoisotopic (exact) mass is 411 g/mol. The van der Waals surface area contributed by atoms with Crippen molar-refractivity contribution in [2.24, 2.45) is 0 Å². The van der Waals surface area contributed by atoms with E-state index in [1.807, 2.05) is 57.7 Å². The minimum atomic E-state index is -0.978. The number of ether oxygens (including phenoxy) is 1. The molecule has 2 radical (unpaired) electrons. The van der Waals surface area contributed by atoms with E-state index in [1.165, 1.54) is 12.1 Å². The van der Waals surface area contributed by atoms with E-state index < -0.39 is 5.97 Å². The Morgan fingerprint density at radius 1 is 0.968 bits per heavy atom. The van der Waals surface area contributed by atoms with Crippen LogP contribution in [-0.4, -0.2) is 34.7 Å². The second-order valence-corrected chi connectivity index (χ2v) is 7.33. The van der Waals surface area contributed by atoms with Gasteiger partial charge in [0.2, 0.25) is 5.62 Å². The summed E-state index contributed by atoms with van der Waals surface area (Å²) in [7, 11) is 5.79. The molecule has 6 nitrogen and oxygen atoms in total. The fourth-order valence-corrected chi connectivity index (χ4v) is 3.62. The largest absolute Gasteiger partial charge is 0.494 e. The predicted molar refractivity (Wildman–Crippen MR) is 120 cm³/mol. The van der Waals surface area contributed by atoms with Gasteiger partial charge in [-0.05, 0) is 42.3 Å². The Hall–Kier alpha value is -3.74. The second-order valence-electron chi connectivity index (χ2n) is 7.33. The van der Waals surface area contributed by atoms with Crippen LogP contribution in [0.15, 0.2) is 72.8 Å². The zero-order valence-electron chi connectivity index (χ0n) is 17.0. The van der Waals surface area contributed by atoms with Crippen molar-refractivity contribution in [2.45, 2.75) is 19.5 Å². The van der Waals surface area contributed by atoms with Crippen LogP contribution >= 0.6 is 0 Å². The van der Waals surface area contributed by atoms with Crippen molar-refractivity contribution in [1.82, 2.24) is 9.13 Å². The average molecular weight is 411 g/mol. The number of aromatic nitrogens is 2. The highest BCUT2D eigenvalue weighted by Crippen LogP contribution is 2.16. The van der Waals surface area contributed by atoms with Crippen molar-refractivity contribution < 1.29 is 14.6 Å². The molecule has 31 heavy (non-hydrogen) atoms. The predicted octanol–water partition coefficient (Wildman–Crippen LogP) is 2.93. The van der Waals surface area contributed by atoms with Crippen LogP contribution in [0.5, 0.6) is 5.75 Å². The standard InChI is InChI=1S/C24H22BN3O3/c25-19-11-9-17(10-12-19)16-28-22-8-2-1-7-21(22)27(24(28)26)13-4-14-31-20-6-3-5-18(15-20)23(29)30/h1-3,5-12,15,26H,4,13-14,16H2,(H,29,30). The third-order valence-corrected chi connectivity index (χ3v) is 5.17. The Bertz CT molecular complexity index is 1280. The van der Waals surface area contributed by atoms with Crippen LogP contribution in [0, 0.1) is 5.41 Å². The SMILES string of the molecule is [B]c1ccc(Cn2c(=N)n(CCCOc3cccc(C(=O)O)c3)c3ccccc32)cc1. The van der Waals surface area contributed by atoms with Gasteiger partial charge in [0.05, 0.1) is 29.7 Å². The lowest BCUT2D eigenvalue weighted by Crippen LogP contribution is -2.25. The number of nitrogens with zero attached hydrogens (tertiary/aromatic N) is 2. The number of imidazole rings is 1. The fraction of sp³-hybridized carbons (Fsp3) is 0.167. The van der Waals surface area contributed by atoms with Gasteiger partial charge in [-0.1, -0.05) is 47.9 Å². The van der Waals surface area contributed by atoms with Crippen LogP contribution in [0.2, 0.25) is 0 Å². The van der Waals surface area contributed by atoms with Crippen LogP contribution in [0.1, 0.15) is 22.3 Å². The summed E-state index contributed by atoms with van der Waals surface area (Å²) in [4.78, 5) is 11.1. The van der Waals surface area contributed by atoms with Crippen LogP contribution in [0.4, 0.5) is 0 Å². The molecule has 0 fully saturated rings. The summed E-state index contributed by atoms with van der Waals surface area (Å²) < 4.78 is 9.69. The molecule has 0 aliphatic carbocycles. The molecule has 4 aromatic rings.